The van der Waals surface area contributed by atoms with E-state index >= 15 is 0 Å². The summed E-state index contributed by atoms with van der Waals surface area (Å²) >= 11 is 11.3. The first-order chi connectivity index (χ1) is 6.86. The highest BCUT2D eigenvalue weighted by Gasteiger charge is 1.75. The molecule has 0 aliphatic rings. The third-order valence-corrected chi connectivity index (χ3v) is 0.985. The van der Waals surface area contributed by atoms with Crippen LogP contribution < -0.4 is 0 Å². The quantitative estimate of drug-likeness (QED) is 0.543. The number of halogens is 1. The van der Waals surface area contributed by atoms with Crippen LogP contribution in [0.1, 0.15) is 0 Å². The molecule has 0 saturated heterocycles. The molecule has 0 aliphatic heterocycles. The zero-order valence-electron chi connectivity index (χ0n) is 7.37. The molecule has 0 fully saturated rings. The van der Waals surface area contributed by atoms with Crippen molar-refractivity contribution in [3.63, 3.8) is 0 Å². The molecule has 4 nitrogen and oxygen atoms in total. The lowest BCUT2D eigenvalue weighted by molar-refractivity contribution is 0.221. The number of rotatable bonds is 0. The average molecular weight is 269 g/mol. The van der Waals surface area contributed by atoms with E-state index in [9.17, 15) is 0 Å². The van der Waals surface area contributed by atoms with Crippen LogP contribution >= 0.6 is 36.9 Å². The van der Waals surface area contributed by atoms with Gasteiger partial charge >= 0.3 is 10.6 Å². The SMILES string of the molecule is Clc1ccccc1.O=C(O)S.O=C(O)S. The summed E-state index contributed by atoms with van der Waals surface area (Å²) in [5.74, 6) is 0. The Balaban J connectivity index is 0. The van der Waals surface area contributed by atoms with Crippen molar-refractivity contribution in [2.75, 3.05) is 0 Å². The number of carboxylic acid groups (broad SMARTS) is 2. The first kappa shape index (κ1) is 16.6. The van der Waals surface area contributed by atoms with E-state index in [1.165, 1.54) is 0 Å². The van der Waals surface area contributed by atoms with Gasteiger partial charge in [-0.15, -0.1) is 0 Å². The largest absolute Gasteiger partial charge is 0.473 e. The molecule has 0 atom stereocenters. The van der Waals surface area contributed by atoms with Gasteiger partial charge in [0.05, 0.1) is 0 Å². The van der Waals surface area contributed by atoms with Gasteiger partial charge in [-0.05, 0) is 12.1 Å². The van der Waals surface area contributed by atoms with Crippen LogP contribution in [-0.2, 0) is 0 Å². The highest BCUT2D eigenvalue weighted by Crippen LogP contribution is 2.03. The summed E-state index contributed by atoms with van der Waals surface area (Å²) in [4.78, 5) is 17.7. The van der Waals surface area contributed by atoms with Crippen molar-refractivity contribution in [2.45, 2.75) is 0 Å². The van der Waals surface area contributed by atoms with Gasteiger partial charge in [0.1, 0.15) is 0 Å². The molecule has 15 heavy (non-hydrogen) atoms. The summed E-state index contributed by atoms with van der Waals surface area (Å²) in [7, 11) is 0. The number of hydrogen-bond acceptors (Lipinski definition) is 2. The summed E-state index contributed by atoms with van der Waals surface area (Å²) in [6.45, 7) is 0. The summed E-state index contributed by atoms with van der Waals surface area (Å²) in [5.41, 5.74) is 0. The third kappa shape index (κ3) is 32.0. The lowest BCUT2D eigenvalue weighted by atomic mass is 10.4. The van der Waals surface area contributed by atoms with Crippen LogP contribution in [0.25, 0.3) is 0 Å². The van der Waals surface area contributed by atoms with Crippen LogP contribution in [0.2, 0.25) is 5.02 Å². The molecule has 0 spiro atoms. The minimum atomic E-state index is -1.14. The molecule has 0 aliphatic carbocycles. The molecular formula is C8H9ClO4S2. The fourth-order valence-corrected chi connectivity index (χ4v) is 0.560. The van der Waals surface area contributed by atoms with Gasteiger partial charge in [0.15, 0.2) is 0 Å². The Morgan fingerprint density at radius 3 is 1.40 bits per heavy atom. The minimum absolute atomic E-state index is 0.794. The molecule has 0 aromatic heterocycles. The molecule has 1 aromatic carbocycles. The third-order valence-electron chi connectivity index (χ3n) is 0.733. The maximum absolute atomic E-state index is 8.86. The first-order valence-electron chi connectivity index (χ1n) is 3.40. The Morgan fingerprint density at radius 1 is 1.00 bits per heavy atom. The lowest BCUT2D eigenvalue weighted by Gasteiger charge is -1.80. The Kier molecular flexibility index (Phi) is 12.4. The van der Waals surface area contributed by atoms with Gasteiger partial charge in [-0.3, -0.25) is 0 Å². The van der Waals surface area contributed by atoms with Crippen molar-refractivity contribution < 1.29 is 19.8 Å². The second-order valence-corrected chi connectivity index (χ2v) is 3.06. The summed E-state index contributed by atoms with van der Waals surface area (Å²) in [5, 5.41) is 13.1. The average Bonchev–Trinajstić information content (AvgIpc) is 2.03. The van der Waals surface area contributed by atoms with Gasteiger partial charge in [-0.2, -0.15) is 0 Å². The van der Waals surface area contributed by atoms with Crippen molar-refractivity contribution >= 4 is 47.5 Å². The van der Waals surface area contributed by atoms with E-state index in [1.54, 1.807) is 0 Å². The molecule has 0 amide bonds. The van der Waals surface area contributed by atoms with Crippen LogP contribution in [0.15, 0.2) is 30.3 Å². The summed E-state index contributed by atoms with van der Waals surface area (Å²) in [6, 6.07) is 9.44. The molecule has 1 aromatic rings. The molecule has 2 N–H and O–H groups in total. The highest BCUT2D eigenvalue weighted by molar-refractivity contribution is 7.96. The maximum atomic E-state index is 8.86. The predicted molar refractivity (Wildman–Crippen MR) is 65.5 cm³/mol. The molecule has 0 saturated carbocycles. The van der Waals surface area contributed by atoms with E-state index in [-0.39, 0.29) is 0 Å². The van der Waals surface area contributed by atoms with E-state index in [4.69, 9.17) is 31.4 Å². The van der Waals surface area contributed by atoms with Gasteiger partial charge in [-0.1, -0.05) is 55.1 Å². The van der Waals surface area contributed by atoms with Crippen LogP contribution in [0.4, 0.5) is 9.59 Å². The minimum Gasteiger partial charge on any atom is -0.473 e. The highest BCUT2D eigenvalue weighted by atomic mass is 35.5. The molecule has 0 radical (unpaired) electrons. The number of carbonyl (C=O) groups is 2. The first-order valence-corrected chi connectivity index (χ1v) is 4.67. The van der Waals surface area contributed by atoms with Crippen LogP contribution in [-0.4, -0.2) is 20.8 Å². The zero-order valence-corrected chi connectivity index (χ0v) is 9.91. The fourth-order valence-electron chi connectivity index (χ4n) is 0.415. The molecule has 0 bridgehead atoms. The molecule has 7 heteroatoms. The second-order valence-electron chi connectivity index (χ2n) is 1.86. The number of thiol groups is 2. The van der Waals surface area contributed by atoms with Crippen molar-refractivity contribution in [1.82, 2.24) is 0 Å². The monoisotopic (exact) mass is 268 g/mol. The predicted octanol–water partition coefficient (Wildman–Crippen LogP) is 3.53. The van der Waals surface area contributed by atoms with Crippen molar-refractivity contribution in [3.05, 3.63) is 35.4 Å². The number of hydrogen-bond donors (Lipinski definition) is 4. The molecule has 0 unspecified atom stereocenters. The van der Waals surface area contributed by atoms with E-state index in [2.05, 4.69) is 25.3 Å². The van der Waals surface area contributed by atoms with E-state index < -0.39 is 10.6 Å². The Hall–Kier alpha value is -0.850. The van der Waals surface area contributed by atoms with Gasteiger partial charge in [0.25, 0.3) is 0 Å². The van der Waals surface area contributed by atoms with Gasteiger partial charge in [-0.25, -0.2) is 9.59 Å². The van der Waals surface area contributed by atoms with Gasteiger partial charge < -0.3 is 10.2 Å². The Labute approximate surface area is 103 Å². The molecule has 1 rings (SSSR count). The van der Waals surface area contributed by atoms with Gasteiger partial charge in [0.2, 0.25) is 0 Å². The van der Waals surface area contributed by atoms with Crippen molar-refractivity contribution in [3.8, 4) is 0 Å². The van der Waals surface area contributed by atoms with E-state index in [0.29, 0.717) is 0 Å². The van der Waals surface area contributed by atoms with Crippen LogP contribution in [0.3, 0.4) is 0 Å². The van der Waals surface area contributed by atoms with E-state index in [1.807, 2.05) is 30.3 Å². The van der Waals surface area contributed by atoms with Crippen molar-refractivity contribution in [1.29, 1.82) is 0 Å². The maximum Gasteiger partial charge on any atom is 0.361 e. The number of benzene rings is 1. The topological polar surface area (TPSA) is 74.6 Å². The summed E-state index contributed by atoms with van der Waals surface area (Å²) < 4.78 is 0. The van der Waals surface area contributed by atoms with Crippen LogP contribution in [0.5, 0.6) is 0 Å². The normalized spacial score (nSPS) is 7.40. The fraction of sp³-hybridized carbons (Fsp3) is 0. The Bertz CT molecular complexity index is 272. The van der Waals surface area contributed by atoms with Crippen molar-refractivity contribution in [2.24, 2.45) is 0 Å². The molecule has 84 valence electrons. The zero-order chi connectivity index (χ0) is 12.3. The second kappa shape index (κ2) is 11.2. The standard InChI is InChI=1S/C6H5Cl.2CH2O2S/c7-6-4-2-1-3-5-6;2*2-1(3)4/h1-5H;2*4H,(H,2,3). The van der Waals surface area contributed by atoms with Gasteiger partial charge in [0, 0.05) is 5.02 Å². The lowest BCUT2D eigenvalue weighted by Crippen LogP contribution is -1.67. The van der Waals surface area contributed by atoms with E-state index in [0.717, 1.165) is 5.02 Å². The van der Waals surface area contributed by atoms with Crippen LogP contribution in [0, 0.1) is 0 Å². The Morgan fingerprint density at radius 2 is 1.27 bits per heavy atom. The smallest absolute Gasteiger partial charge is 0.361 e. The molecule has 0 heterocycles. The molecular weight excluding hydrogens is 260 g/mol. The summed E-state index contributed by atoms with van der Waals surface area (Å²) in [6.07, 6.45) is 0.